The quantitative estimate of drug-likeness (QED) is 0.624. The van der Waals surface area contributed by atoms with Gasteiger partial charge >= 0.3 is 5.97 Å². The zero-order valence-corrected chi connectivity index (χ0v) is 12.4. The van der Waals surface area contributed by atoms with Crippen molar-refractivity contribution in [1.29, 1.82) is 0 Å². The first kappa shape index (κ1) is 14.8. The number of halogens is 1. The Hall–Kier alpha value is -1.24. The molecule has 1 N–H and O–H groups in total. The van der Waals surface area contributed by atoms with E-state index in [-0.39, 0.29) is 0 Å². The summed E-state index contributed by atoms with van der Waals surface area (Å²) >= 11 is 2.15. The number of hydrogen-bond acceptors (Lipinski definition) is 3. The first-order valence-corrected chi connectivity index (χ1v) is 6.66. The highest BCUT2D eigenvalue weighted by Gasteiger charge is 2.10. The van der Waals surface area contributed by atoms with Crippen molar-refractivity contribution < 1.29 is 19.4 Å². The van der Waals surface area contributed by atoms with E-state index in [0.29, 0.717) is 24.7 Å². The molecule has 0 unspecified atom stereocenters. The Bertz CT molecular complexity index is 455. The van der Waals surface area contributed by atoms with Crippen molar-refractivity contribution in [2.75, 3.05) is 13.2 Å². The Balaban J connectivity index is 3.13. The second-order valence-electron chi connectivity index (χ2n) is 3.37. The van der Waals surface area contributed by atoms with Crippen molar-refractivity contribution in [3.8, 4) is 11.5 Å². The molecule has 0 aromatic heterocycles. The molecule has 0 heterocycles. The monoisotopic (exact) mass is 362 g/mol. The molecule has 0 radical (unpaired) electrons. The molecule has 0 aliphatic rings. The first-order valence-electron chi connectivity index (χ1n) is 5.58. The van der Waals surface area contributed by atoms with Crippen molar-refractivity contribution in [2.24, 2.45) is 0 Å². The van der Waals surface area contributed by atoms with Crippen molar-refractivity contribution in [3.63, 3.8) is 0 Å². The second-order valence-corrected chi connectivity index (χ2v) is 4.53. The summed E-state index contributed by atoms with van der Waals surface area (Å²) in [5.74, 6) is 0.362. The summed E-state index contributed by atoms with van der Waals surface area (Å²) in [7, 11) is 0. The summed E-state index contributed by atoms with van der Waals surface area (Å²) in [6.45, 7) is 4.88. The van der Waals surface area contributed by atoms with Gasteiger partial charge in [0.25, 0.3) is 0 Å². The SMILES string of the molecule is CCOc1cc(C=CC(=O)O)cc(I)c1OCC. The minimum atomic E-state index is -0.975. The van der Waals surface area contributed by atoms with Gasteiger partial charge in [0.05, 0.1) is 16.8 Å². The lowest BCUT2D eigenvalue weighted by Crippen LogP contribution is -2.00. The normalized spacial score (nSPS) is 10.6. The van der Waals surface area contributed by atoms with Gasteiger partial charge in [-0.1, -0.05) is 0 Å². The fourth-order valence-corrected chi connectivity index (χ4v) is 2.18. The van der Waals surface area contributed by atoms with E-state index >= 15 is 0 Å². The minimum absolute atomic E-state index is 0.530. The van der Waals surface area contributed by atoms with Gasteiger partial charge in [0.15, 0.2) is 11.5 Å². The zero-order chi connectivity index (χ0) is 13.5. The number of aliphatic carboxylic acids is 1. The van der Waals surface area contributed by atoms with Gasteiger partial charge in [0.1, 0.15) is 0 Å². The molecule has 0 aliphatic heterocycles. The summed E-state index contributed by atoms with van der Waals surface area (Å²) < 4.78 is 11.9. The van der Waals surface area contributed by atoms with Crippen LogP contribution in [0.1, 0.15) is 19.4 Å². The Labute approximate surface area is 120 Å². The summed E-state index contributed by atoms with van der Waals surface area (Å²) in [5, 5.41) is 8.61. The Morgan fingerprint density at radius 2 is 2.00 bits per heavy atom. The van der Waals surface area contributed by atoms with Gasteiger partial charge in [-0.2, -0.15) is 0 Å². The summed E-state index contributed by atoms with van der Waals surface area (Å²) in [6, 6.07) is 3.63. The molecule has 1 rings (SSSR count). The van der Waals surface area contributed by atoms with Crippen LogP contribution in [0.2, 0.25) is 0 Å². The smallest absolute Gasteiger partial charge is 0.328 e. The molecule has 1 aromatic carbocycles. The van der Waals surface area contributed by atoms with Gasteiger partial charge in [-0.3, -0.25) is 0 Å². The van der Waals surface area contributed by atoms with Gasteiger partial charge in [-0.15, -0.1) is 0 Å². The molecule has 0 saturated heterocycles. The van der Waals surface area contributed by atoms with Crippen molar-refractivity contribution in [3.05, 3.63) is 27.3 Å². The van der Waals surface area contributed by atoms with Crippen LogP contribution in [0.5, 0.6) is 11.5 Å². The van der Waals surface area contributed by atoms with E-state index in [1.807, 2.05) is 19.9 Å². The average molecular weight is 362 g/mol. The van der Waals surface area contributed by atoms with Crippen LogP contribution in [0, 0.1) is 3.57 Å². The Morgan fingerprint density at radius 3 is 2.56 bits per heavy atom. The molecule has 5 heteroatoms. The second kappa shape index (κ2) is 7.25. The number of ether oxygens (including phenoxy) is 2. The first-order chi connectivity index (χ1) is 8.58. The van der Waals surface area contributed by atoms with Gasteiger partial charge in [0.2, 0.25) is 0 Å². The van der Waals surface area contributed by atoms with E-state index < -0.39 is 5.97 Å². The summed E-state index contributed by atoms with van der Waals surface area (Å²) in [4.78, 5) is 10.5. The number of benzene rings is 1. The standard InChI is InChI=1S/C13H15IO4/c1-3-17-11-8-9(5-6-12(15)16)7-10(14)13(11)18-4-2/h5-8H,3-4H2,1-2H3,(H,15,16). The van der Waals surface area contributed by atoms with Crippen LogP contribution in [-0.2, 0) is 4.79 Å². The Morgan fingerprint density at radius 1 is 1.33 bits per heavy atom. The Kier molecular flexibility index (Phi) is 5.97. The minimum Gasteiger partial charge on any atom is -0.490 e. The number of carboxylic acid groups (broad SMARTS) is 1. The third-order valence-corrected chi connectivity index (χ3v) is 2.84. The maximum atomic E-state index is 10.5. The third kappa shape index (κ3) is 4.21. The number of carboxylic acids is 1. The van der Waals surface area contributed by atoms with Crippen LogP contribution in [0.3, 0.4) is 0 Å². The molecule has 98 valence electrons. The summed E-state index contributed by atoms with van der Waals surface area (Å²) in [6.07, 6.45) is 2.63. The molecule has 0 bridgehead atoms. The predicted molar refractivity (Wildman–Crippen MR) is 78.2 cm³/mol. The topological polar surface area (TPSA) is 55.8 Å². The molecule has 0 saturated carbocycles. The lowest BCUT2D eigenvalue weighted by Gasteiger charge is -2.13. The maximum Gasteiger partial charge on any atom is 0.328 e. The number of carbonyl (C=O) groups is 1. The predicted octanol–water partition coefficient (Wildman–Crippen LogP) is 3.19. The lowest BCUT2D eigenvalue weighted by atomic mass is 10.2. The van der Waals surface area contributed by atoms with Crippen LogP contribution in [0.15, 0.2) is 18.2 Å². The van der Waals surface area contributed by atoms with E-state index in [2.05, 4.69) is 22.6 Å². The van der Waals surface area contributed by atoms with Gasteiger partial charge in [-0.25, -0.2) is 4.79 Å². The molecule has 4 nitrogen and oxygen atoms in total. The largest absolute Gasteiger partial charge is 0.490 e. The molecular weight excluding hydrogens is 347 g/mol. The van der Waals surface area contributed by atoms with E-state index in [4.69, 9.17) is 14.6 Å². The fourth-order valence-electron chi connectivity index (χ4n) is 1.40. The van der Waals surface area contributed by atoms with Gasteiger partial charge in [0, 0.05) is 6.08 Å². The maximum absolute atomic E-state index is 10.5. The highest BCUT2D eigenvalue weighted by atomic mass is 127. The van der Waals surface area contributed by atoms with Crippen LogP contribution < -0.4 is 9.47 Å². The molecule has 0 spiro atoms. The molecular formula is C13H15IO4. The van der Waals surface area contributed by atoms with Crippen LogP contribution in [0.25, 0.3) is 6.08 Å². The highest BCUT2D eigenvalue weighted by Crippen LogP contribution is 2.34. The lowest BCUT2D eigenvalue weighted by molar-refractivity contribution is -0.131. The molecule has 1 aromatic rings. The molecule has 0 fully saturated rings. The van der Waals surface area contributed by atoms with E-state index in [0.717, 1.165) is 15.2 Å². The highest BCUT2D eigenvalue weighted by molar-refractivity contribution is 14.1. The number of rotatable bonds is 6. The van der Waals surface area contributed by atoms with E-state index in [1.165, 1.54) is 6.08 Å². The van der Waals surface area contributed by atoms with E-state index in [9.17, 15) is 4.79 Å². The average Bonchev–Trinajstić information content (AvgIpc) is 2.31. The zero-order valence-electron chi connectivity index (χ0n) is 10.3. The summed E-state index contributed by atoms with van der Waals surface area (Å²) in [5.41, 5.74) is 0.772. The fraction of sp³-hybridized carbons (Fsp3) is 0.308. The van der Waals surface area contributed by atoms with E-state index in [1.54, 1.807) is 6.07 Å². The number of hydrogen-bond donors (Lipinski definition) is 1. The van der Waals surface area contributed by atoms with Crippen molar-refractivity contribution in [2.45, 2.75) is 13.8 Å². The van der Waals surface area contributed by atoms with Gasteiger partial charge in [-0.05, 0) is 60.2 Å². The van der Waals surface area contributed by atoms with Crippen LogP contribution in [-0.4, -0.2) is 24.3 Å². The van der Waals surface area contributed by atoms with Crippen molar-refractivity contribution >= 4 is 34.6 Å². The molecule has 18 heavy (non-hydrogen) atoms. The van der Waals surface area contributed by atoms with Crippen LogP contribution in [0.4, 0.5) is 0 Å². The molecule has 0 amide bonds. The molecule has 0 aliphatic carbocycles. The molecule has 0 atom stereocenters. The van der Waals surface area contributed by atoms with Gasteiger partial charge < -0.3 is 14.6 Å². The third-order valence-electron chi connectivity index (χ3n) is 2.04. The van der Waals surface area contributed by atoms with Crippen molar-refractivity contribution in [1.82, 2.24) is 0 Å². The van der Waals surface area contributed by atoms with Crippen LogP contribution >= 0.6 is 22.6 Å².